The minimum atomic E-state index is -0.708. The van der Waals surface area contributed by atoms with Crippen LogP contribution >= 0.6 is 23.2 Å². The van der Waals surface area contributed by atoms with Crippen molar-refractivity contribution in [3.8, 4) is 0 Å². The smallest absolute Gasteiger partial charge is 0.242 e. The molecular formula is C30H34Cl2N2O2. The minimum absolute atomic E-state index is 0.0670. The summed E-state index contributed by atoms with van der Waals surface area (Å²) in [5.41, 5.74) is 3.98. The predicted molar refractivity (Wildman–Crippen MR) is 148 cm³/mol. The van der Waals surface area contributed by atoms with Crippen LogP contribution < -0.4 is 5.32 Å². The molecule has 0 aliphatic heterocycles. The topological polar surface area (TPSA) is 49.4 Å². The number of rotatable bonds is 9. The van der Waals surface area contributed by atoms with Gasteiger partial charge in [-0.2, -0.15) is 0 Å². The lowest BCUT2D eigenvalue weighted by molar-refractivity contribution is -0.141. The summed E-state index contributed by atoms with van der Waals surface area (Å²) in [6.45, 7) is 6.67. The van der Waals surface area contributed by atoms with Crippen molar-refractivity contribution in [2.45, 2.75) is 58.0 Å². The van der Waals surface area contributed by atoms with Gasteiger partial charge < -0.3 is 10.2 Å². The second kappa shape index (κ2) is 12.4. The Balaban J connectivity index is 1.89. The van der Waals surface area contributed by atoms with Crippen LogP contribution in [0.25, 0.3) is 0 Å². The Kier molecular flexibility index (Phi) is 9.58. The van der Waals surface area contributed by atoms with Crippen LogP contribution in [-0.4, -0.2) is 29.8 Å². The van der Waals surface area contributed by atoms with E-state index in [9.17, 15) is 9.59 Å². The molecule has 4 nitrogen and oxygen atoms in total. The molecule has 190 valence electrons. The lowest BCUT2D eigenvalue weighted by Gasteiger charge is -2.32. The van der Waals surface area contributed by atoms with Crippen molar-refractivity contribution < 1.29 is 9.59 Å². The van der Waals surface area contributed by atoms with E-state index < -0.39 is 6.04 Å². The Morgan fingerprint density at radius 3 is 2.03 bits per heavy atom. The number of nitrogens with zero attached hydrogens (tertiary/aromatic N) is 1. The molecule has 0 radical (unpaired) electrons. The first-order chi connectivity index (χ1) is 17.1. The average molecular weight is 526 g/mol. The quantitative estimate of drug-likeness (QED) is 0.342. The van der Waals surface area contributed by atoms with Crippen LogP contribution in [0.1, 0.15) is 49.4 Å². The number of hydrogen-bond acceptors (Lipinski definition) is 2. The van der Waals surface area contributed by atoms with Gasteiger partial charge in [-0.1, -0.05) is 105 Å². The summed E-state index contributed by atoms with van der Waals surface area (Å²) in [6.07, 6.45) is 1.22. The lowest BCUT2D eigenvalue weighted by Crippen LogP contribution is -2.49. The highest BCUT2D eigenvalue weighted by Crippen LogP contribution is 2.28. The SMILES string of the molecule is CNC(=O)[C@H](Cc1ccccc1)N(Cc1c(Cl)cccc1Cl)C(=O)CCc1ccc(C(C)(C)C)cc1. The number of halogens is 2. The maximum Gasteiger partial charge on any atom is 0.242 e. The Morgan fingerprint density at radius 2 is 1.47 bits per heavy atom. The summed E-state index contributed by atoms with van der Waals surface area (Å²) < 4.78 is 0. The molecule has 2 amide bonds. The number of hydrogen-bond donors (Lipinski definition) is 1. The molecule has 0 bridgehead atoms. The molecule has 1 N–H and O–H groups in total. The van der Waals surface area contributed by atoms with Crippen LogP contribution in [0.5, 0.6) is 0 Å². The molecule has 0 aliphatic rings. The molecule has 3 aromatic rings. The Bertz CT molecular complexity index is 1150. The molecule has 3 rings (SSSR count). The van der Waals surface area contributed by atoms with E-state index >= 15 is 0 Å². The van der Waals surface area contributed by atoms with Crippen LogP contribution in [-0.2, 0) is 34.4 Å². The molecule has 0 spiro atoms. The van der Waals surface area contributed by atoms with E-state index in [4.69, 9.17) is 23.2 Å². The molecule has 0 aromatic heterocycles. The van der Waals surface area contributed by atoms with Crippen molar-refractivity contribution in [1.82, 2.24) is 10.2 Å². The van der Waals surface area contributed by atoms with Crippen LogP contribution in [0.2, 0.25) is 10.0 Å². The number of carbonyl (C=O) groups is 2. The van der Waals surface area contributed by atoms with Gasteiger partial charge in [0.1, 0.15) is 6.04 Å². The Hall–Kier alpha value is -2.82. The van der Waals surface area contributed by atoms with E-state index in [1.807, 2.05) is 30.3 Å². The molecular weight excluding hydrogens is 491 g/mol. The third-order valence-corrected chi connectivity index (χ3v) is 7.06. The van der Waals surface area contributed by atoms with E-state index in [0.29, 0.717) is 28.5 Å². The molecule has 36 heavy (non-hydrogen) atoms. The van der Waals surface area contributed by atoms with Crippen molar-refractivity contribution in [1.29, 1.82) is 0 Å². The zero-order valence-corrected chi connectivity index (χ0v) is 22.9. The van der Waals surface area contributed by atoms with Gasteiger partial charge in [-0.15, -0.1) is 0 Å². The van der Waals surface area contributed by atoms with Crippen LogP contribution in [0, 0.1) is 0 Å². The van der Waals surface area contributed by atoms with Gasteiger partial charge in [0, 0.05) is 42.0 Å². The molecule has 1 atom stereocenters. The fourth-order valence-electron chi connectivity index (χ4n) is 4.14. The largest absolute Gasteiger partial charge is 0.357 e. The monoisotopic (exact) mass is 524 g/mol. The van der Waals surface area contributed by atoms with Crippen molar-refractivity contribution in [2.24, 2.45) is 0 Å². The first-order valence-corrected chi connectivity index (χ1v) is 12.9. The van der Waals surface area contributed by atoms with Gasteiger partial charge in [-0.3, -0.25) is 9.59 Å². The van der Waals surface area contributed by atoms with Crippen LogP contribution in [0.15, 0.2) is 72.8 Å². The Labute approximate surface area is 224 Å². The second-order valence-electron chi connectivity index (χ2n) is 9.99. The second-order valence-corrected chi connectivity index (χ2v) is 10.8. The van der Waals surface area contributed by atoms with E-state index in [-0.39, 0.29) is 30.2 Å². The third kappa shape index (κ3) is 7.35. The molecule has 0 fully saturated rings. The number of amides is 2. The fourth-order valence-corrected chi connectivity index (χ4v) is 4.66. The normalized spacial score (nSPS) is 12.2. The summed E-state index contributed by atoms with van der Waals surface area (Å²) in [5, 5.41) is 3.66. The van der Waals surface area contributed by atoms with E-state index in [2.05, 4.69) is 50.4 Å². The summed E-state index contributed by atoms with van der Waals surface area (Å²) >= 11 is 12.9. The predicted octanol–water partition coefficient (Wildman–Crippen LogP) is 6.61. The van der Waals surface area contributed by atoms with Gasteiger partial charge in [0.15, 0.2) is 0 Å². The molecule has 0 unspecified atom stereocenters. The number of nitrogens with one attached hydrogen (secondary N) is 1. The summed E-state index contributed by atoms with van der Waals surface area (Å²) in [5.74, 6) is -0.361. The highest BCUT2D eigenvalue weighted by Gasteiger charge is 2.30. The molecule has 0 aliphatic carbocycles. The van der Waals surface area contributed by atoms with Gasteiger partial charge >= 0.3 is 0 Å². The number of likely N-dealkylation sites (N-methyl/N-ethyl adjacent to an activating group) is 1. The minimum Gasteiger partial charge on any atom is -0.357 e. The molecule has 3 aromatic carbocycles. The van der Waals surface area contributed by atoms with Gasteiger partial charge in [0.2, 0.25) is 11.8 Å². The highest BCUT2D eigenvalue weighted by atomic mass is 35.5. The zero-order valence-electron chi connectivity index (χ0n) is 21.4. The van der Waals surface area contributed by atoms with Crippen molar-refractivity contribution >= 4 is 35.0 Å². The van der Waals surface area contributed by atoms with Crippen molar-refractivity contribution in [2.75, 3.05) is 7.05 Å². The Morgan fingerprint density at radius 1 is 0.861 bits per heavy atom. The van der Waals surface area contributed by atoms with E-state index in [1.165, 1.54) is 5.56 Å². The maximum atomic E-state index is 13.7. The zero-order chi connectivity index (χ0) is 26.3. The fraction of sp³-hybridized carbons (Fsp3) is 0.333. The van der Waals surface area contributed by atoms with Crippen molar-refractivity contribution in [3.05, 3.63) is 105 Å². The standard InChI is InChI=1S/C30H34Cl2N2O2/c1-30(2,3)23-16-13-21(14-17-23)15-18-28(35)34(20-24-25(31)11-8-12-26(24)32)27(29(36)33-4)19-22-9-6-5-7-10-22/h5-14,16-17,27H,15,18-20H2,1-4H3,(H,33,36)/t27-/m0/s1. The van der Waals surface area contributed by atoms with E-state index in [0.717, 1.165) is 11.1 Å². The lowest BCUT2D eigenvalue weighted by atomic mass is 9.86. The van der Waals surface area contributed by atoms with Crippen molar-refractivity contribution in [3.63, 3.8) is 0 Å². The van der Waals surface area contributed by atoms with E-state index in [1.54, 1.807) is 30.1 Å². The van der Waals surface area contributed by atoms with Gasteiger partial charge in [-0.25, -0.2) is 0 Å². The molecule has 0 saturated carbocycles. The highest BCUT2D eigenvalue weighted by molar-refractivity contribution is 6.36. The molecule has 6 heteroatoms. The maximum absolute atomic E-state index is 13.7. The van der Waals surface area contributed by atoms with Crippen LogP contribution in [0.4, 0.5) is 0 Å². The van der Waals surface area contributed by atoms with Gasteiger partial charge in [0.05, 0.1) is 0 Å². The average Bonchev–Trinajstić information content (AvgIpc) is 2.86. The number of benzene rings is 3. The number of carbonyl (C=O) groups excluding carboxylic acids is 2. The van der Waals surface area contributed by atoms with Gasteiger partial charge in [-0.05, 0) is 40.7 Å². The first-order valence-electron chi connectivity index (χ1n) is 12.2. The molecule has 0 heterocycles. The molecule has 0 saturated heterocycles. The summed E-state index contributed by atoms with van der Waals surface area (Å²) in [7, 11) is 1.59. The third-order valence-electron chi connectivity index (χ3n) is 6.36. The summed E-state index contributed by atoms with van der Waals surface area (Å²) in [6, 6.07) is 22.6. The van der Waals surface area contributed by atoms with Gasteiger partial charge in [0.25, 0.3) is 0 Å². The first kappa shape index (κ1) is 27.8. The summed E-state index contributed by atoms with van der Waals surface area (Å²) in [4.78, 5) is 28.4. The number of aryl methyl sites for hydroxylation is 1. The van der Waals surface area contributed by atoms with Crippen LogP contribution in [0.3, 0.4) is 0 Å².